The van der Waals surface area contributed by atoms with Crippen LogP contribution in [0.2, 0.25) is 0 Å². The molecule has 0 radical (unpaired) electrons. The molecular weight excluding hydrogens is 470 g/mol. The van der Waals surface area contributed by atoms with Gasteiger partial charge in [0.05, 0.1) is 42.5 Å². The van der Waals surface area contributed by atoms with Crippen LogP contribution >= 0.6 is 0 Å². The number of fused-ring (bicyclic) bond motifs is 2. The van der Waals surface area contributed by atoms with Crippen molar-refractivity contribution in [3.63, 3.8) is 0 Å². The molecule has 0 saturated carbocycles. The summed E-state index contributed by atoms with van der Waals surface area (Å²) in [6, 6.07) is 4.11. The van der Waals surface area contributed by atoms with Crippen LogP contribution in [-0.2, 0) is 11.3 Å². The van der Waals surface area contributed by atoms with E-state index in [2.05, 4.69) is 39.9 Å². The minimum atomic E-state index is 0.0901. The van der Waals surface area contributed by atoms with Crippen molar-refractivity contribution >= 4 is 17.3 Å². The minimum Gasteiger partial charge on any atom is -0.376 e. The summed E-state index contributed by atoms with van der Waals surface area (Å²) >= 11 is 0. The Bertz CT molecular complexity index is 1350. The van der Waals surface area contributed by atoms with Gasteiger partial charge in [-0.15, -0.1) is 0 Å². The number of pyridine rings is 1. The number of piperidine rings is 1. The zero-order chi connectivity index (χ0) is 25.1. The fraction of sp³-hybridized carbons (Fsp3) is 0.538. The highest BCUT2D eigenvalue weighted by molar-refractivity contribution is 6.11. The van der Waals surface area contributed by atoms with E-state index in [0.29, 0.717) is 24.0 Å². The molecule has 0 unspecified atom stereocenters. The first-order valence-electron chi connectivity index (χ1n) is 13.1. The summed E-state index contributed by atoms with van der Waals surface area (Å²) in [7, 11) is 0. The van der Waals surface area contributed by atoms with E-state index in [1.807, 2.05) is 12.3 Å². The third kappa shape index (κ3) is 3.63. The number of hydrogen-bond donors (Lipinski definition) is 1. The second-order valence-electron chi connectivity index (χ2n) is 10.8. The normalized spacial score (nSPS) is 26.4. The summed E-state index contributed by atoms with van der Waals surface area (Å²) in [5, 5.41) is 3.94. The van der Waals surface area contributed by atoms with Gasteiger partial charge in [-0.3, -0.25) is 4.99 Å². The zero-order valence-electron chi connectivity index (χ0n) is 21.2. The molecule has 0 aliphatic carbocycles. The highest BCUT2D eigenvalue weighted by Gasteiger charge is 2.47. The Morgan fingerprint density at radius 2 is 1.95 bits per heavy atom. The van der Waals surface area contributed by atoms with E-state index in [9.17, 15) is 0 Å². The Morgan fingerprint density at radius 1 is 1.08 bits per heavy atom. The van der Waals surface area contributed by atoms with Gasteiger partial charge in [-0.1, -0.05) is 12.1 Å². The Hall–Kier alpha value is -3.44. The highest BCUT2D eigenvalue weighted by Crippen LogP contribution is 2.42. The van der Waals surface area contributed by atoms with Gasteiger partial charge >= 0.3 is 0 Å². The van der Waals surface area contributed by atoms with Crippen LogP contribution in [0.25, 0.3) is 11.5 Å². The van der Waals surface area contributed by atoms with E-state index in [4.69, 9.17) is 34.9 Å². The van der Waals surface area contributed by atoms with Gasteiger partial charge in [-0.05, 0) is 38.3 Å². The summed E-state index contributed by atoms with van der Waals surface area (Å²) in [5.41, 5.74) is 11.2. The van der Waals surface area contributed by atoms with Gasteiger partial charge in [0, 0.05) is 37.0 Å². The van der Waals surface area contributed by atoms with E-state index >= 15 is 0 Å². The van der Waals surface area contributed by atoms with Crippen molar-refractivity contribution in [3.8, 4) is 11.5 Å². The molecule has 3 aromatic rings. The van der Waals surface area contributed by atoms with Crippen molar-refractivity contribution < 1.29 is 9.26 Å². The highest BCUT2D eigenvalue weighted by atomic mass is 16.5. The first-order chi connectivity index (χ1) is 18.0. The lowest BCUT2D eigenvalue weighted by molar-refractivity contribution is 0.0974. The summed E-state index contributed by atoms with van der Waals surface area (Å²) in [6.07, 6.45) is 6.35. The van der Waals surface area contributed by atoms with E-state index in [-0.39, 0.29) is 17.6 Å². The first-order valence-corrected chi connectivity index (χ1v) is 13.1. The quantitative estimate of drug-likeness (QED) is 0.559. The van der Waals surface area contributed by atoms with Crippen LogP contribution in [0.1, 0.15) is 56.1 Å². The fourth-order valence-electron chi connectivity index (χ4n) is 6.22. The van der Waals surface area contributed by atoms with Crippen molar-refractivity contribution in [2.24, 2.45) is 16.1 Å². The summed E-state index contributed by atoms with van der Waals surface area (Å²) in [4.78, 5) is 28.4. The van der Waals surface area contributed by atoms with Crippen LogP contribution in [0.5, 0.6) is 0 Å². The maximum atomic E-state index is 6.50. The number of aliphatic imine (C=N–C) groups is 1. The number of nitrogens with zero attached hydrogens (tertiary/aromatic N) is 8. The molecule has 3 atom stereocenters. The number of anilines is 2. The van der Waals surface area contributed by atoms with Crippen molar-refractivity contribution in [3.05, 3.63) is 41.8 Å². The second kappa shape index (κ2) is 8.56. The molecule has 0 amide bonds. The van der Waals surface area contributed by atoms with Gasteiger partial charge < -0.3 is 24.8 Å². The smallest absolute Gasteiger partial charge is 0.220 e. The average Bonchev–Trinajstić information content (AvgIpc) is 3.67. The van der Waals surface area contributed by atoms with Gasteiger partial charge in [0.25, 0.3) is 0 Å². The topological polar surface area (TPSA) is 132 Å². The van der Waals surface area contributed by atoms with Crippen molar-refractivity contribution in [2.75, 3.05) is 36.0 Å². The molecular formula is C26H31N9O2. The maximum absolute atomic E-state index is 6.50. The molecule has 2 saturated heterocycles. The van der Waals surface area contributed by atoms with Gasteiger partial charge in [0.15, 0.2) is 5.84 Å². The molecule has 4 aliphatic heterocycles. The SMILES string of the molecule is C[C@@H]1CCN(C2=NCc3nc(N4CCC5(CC4)CO[C@@H](C)[C@H]5N)cnc32)c2ccc(-c3ncon3)nc21. The average molecular weight is 502 g/mol. The van der Waals surface area contributed by atoms with E-state index in [1.165, 1.54) is 6.39 Å². The van der Waals surface area contributed by atoms with Crippen LogP contribution < -0.4 is 15.5 Å². The number of aromatic nitrogens is 5. The van der Waals surface area contributed by atoms with Crippen LogP contribution in [0.15, 0.2) is 34.2 Å². The van der Waals surface area contributed by atoms with Crippen molar-refractivity contribution in [2.45, 2.75) is 57.7 Å². The standard InChI is InChI=1S/C26H31N9O2/c1-15-5-8-35(19-4-3-17(32-21(15)19)24-30-14-37-33-24)25-22-18(11-29-25)31-20(12-28-22)34-9-6-26(7-10-34)13-36-16(2)23(26)27/h3-4,12,14-16,23H,5-11,13,27H2,1-2H3/t15-,16+,23-/m1/s1. The lowest BCUT2D eigenvalue weighted by Gasteiger charge is -2.41. The third-order valence-electron chi connectivity index (χ3n) is 8.64. The first kappa shape index (κ1) is 22.7. The van der Waals surface area contributed by atoms with Crippen LogP contribution in [0.3, 0.4) is 0 Å². The lowest BCUT2D eigenvalue weighted by Crippen LogP contribution is -2.50. The number of ether oxygens (including phenoxy) is 1. The van der Waals surface area contributed by atoms with E-state index in [1.54, 1.807) is 0 Å². The van der Waals surface area contributed by atoms with Gasteiger partial charge in [-0.25, -0.2) is 15.0 Å². The molecule has 4 aliphatic rings. The van der Waals surface area contributed by atoms with Crippen molar-refractivity contribution in [1.29, 1.82) is 0 Å². The Kier molecular flexibility index (Phi) is 5.26. The summed E-state index contributed by atoms with van der Waals surface area (Å²) < 4.78 is 10.8. The Labute approximate surface area is 215 Å². The molecule has 2 N–H and O–H groups in total. The molecule has 7 heterocycles. The largest absolute Gasteiger partial charge is 0.376 e. The summed E-state index contributed by atoms with van der Waals surface area (Å²) in [5.74, 6) is 2.60. The van der Waals surface area contributed by atoms with Gasteiger partial charge in [0.2, 0.25) is 12.2 Å². The van der Waals surface area contributed by atoms with Crippen molar-refractivity contribution in [1.82, 2.24) is 25.1 Å². The fourth-order valence-corrected chi connectivity index (χ4v) is 6.22. The number of amidine groups is 1. The molecule has 2 fully saturated rings. The molecule has 192 valence electrons. The molecule has 1 spiro atoms. The van der Waals surface area contributed by atoms with Crippen LogP contribution in [0.4, 0.5) is 11.5 Å². The monoisotopic (exact) mass is 501 g/mol. The van der Waals surface area contributed by atoms with Gasteiger partial charge in [-0.2, -0.15) is 4.98 Å². The molecule has 37 heavy (non-hydrogen) atoms. The predicted octanol–water partition coefficient (Wildman–Crippen LogP) is 2.53. The molecule has 11 heteroatoms. The molecule has 7 rings (SSSR count). The minimum absolute atomic E-state index is 0.0901. The van der Waals surface area contributed by atoms with E-state index in [0.717, 1.165) is 79.9 Å². The zero-order valence-corrected chi connectivity index (χ0v) is 21.2. The number of hydrogen-bond acceptors (Lipinski definition) is 11. The number of rotatable bonds is 2. The molecule has 3 aromatic heterocycles. The molecule has 0 bridgehead atoms. The van der Waals surface area contributed by atoms with Crippen LogP contribution in [0, 0.1) is 5.41 Å². The Balaban J connectivity index is 1.12. The Morgan fingerprint density at radius 3 is 2.70 bits per heavy atom. The second-order valence-corrected chi connectivity index (χ2v) is 10.8. The summed E-state index contributed by atoms with van der Waals surface area (Å²) in [6.45, 7) is 8.27. The third-order valence-corrected chi connectivity index (χ3v) is 8.64. The number of nitrogens with two attached hydrogens (primary N) is 1. The van der Waals surface area contributed by atoms with E-state index < -0.39 is 0 Å². The van der Waals surface area contributed by atoms with Gasteiger partial charge in [0.1, 0.15) is 17.2 Å². The lowest BCUT2D eigenvalue weighted by atomic mass is 9.73. The molecule has 0 aromatic carbocycles. The molecule has 11 nitrogen and oxygen atoms in total. The maximum Gasteiger partial charge on any atom is 0.220 e. The predicted molar refractivity (Wildman–Crippen MR) is 137 cm³/mol. The van der Waals surface area contributed by atoms with Crippen LogP contribution in [-0.4, -0.2) is 69.3 Å².